The van der Waals surface area contributed by atoms with E-state index in [-0.39, 0.29) is 0 Å². The van der Waals surface area contributed by atoms with Gasteiger partial charge in [-0.2, -0.15) is 5.26 Å². The monoisotopic (exact) mass is 375 g/mol. The van der Waals surface area contributed by atoms with E-state index in [1.807, 2.05) is 62.4 Å². The summed E-state index contributed by atoms with van der Waals surface area (Å²) in [6.45, 7) is 3.89. The first-order chi connectivity index (χ1) is 13.0. The Bertz CT molecular complexity index is 1070. The maximum Gasteiger partial charge on any atom is 0.118 e. The zero-order chi connectivity index (χ0) is 19.4. The lowest BCUT2D eigenvalue weighted by Gasteiger charge is -2.13. The van der Waals surface area contributed by atoms with Crippen molar-refractivity contribution in [2.45, 2.75) is 13.8 Å². The molecule has 0 fully saturated rings. The molecule has 0 radical (unpaired) electrons. The third-order valence-corrected chi connectivity index (χ3v) is 4.67. The summed E-state index contributed by atoms with van der Waals surface area (Å²) >= 11 is 6.48. The Hall–Kier alpha value is -3.29. The molecule has 0 unspecified atom stereocenters. The molecule has 0 aliphatic carbocycles. The molecular formula is C22H18ClN3O. The number of rotatable bonds is 4. The number of hydrogen-bond acceptors (Lipinski definition) is 4. The minimum absolute atomic E-state index is 0.430. The van der Waals surface area contributed by atoms with Gasteiger partial charge in [-0.1, -0.05) is 41.0 Å². The van der Waals surface area contributed by atoms with Gasteiger partial charge in [0.15, 0.2) is 0 Å². The highest BCUT2D eigenvalue weighted by Crippen LogP contribution is 2.28. The topological polar surface area (TPSA) is 68.4 Å². The van der Waals surface area contributed by atoms with Crippen molar-refractivity contribution in [2.75, 3.05) is 5.32 Å². The van der Waals surface area contributed by atoms with Crippen molar-refractivity contribution in [3.63, 3.8) is 0 Å². The fourth-order valence-corrected chi connectivity index (χ4v) is 3.18. The van der Waals surface area contributed by atoms with Gasteiger partial charge in [0.25, 0.3) is 0 Å². The molecule has 0 amide bonds. The molecule has 0 bridgehead atoms. The summed E-state index contributed by atoms with van der Waals surface area (Å²) < 4.78 is 0. The molecule has 27 heavy (non-hydrogen) atoms. The van der Waals surface area contributed by atoms with Crippen molar-refractivity contribution in [2.24, 2.45) is 5.16 Å². The van der Waals surface area contributed by atoms with Gasteiger partial charge in [0, 0.05) is 22.5 Å². The lowest BCUT2D eigenvalue weighted by molar-refractivity contribution is 0.319. The van der Waals surface area contributed by atoms with Crippen LogP contribution in [0.2, 0.25) is 5.02 Å². The van der Waals surface area contributed by atoms with Gasteiger partial charge in [-0.25, -0.2) is 0 Å². The minimum atomic E-state index is 0.430. The summed E-state index contributed by atoms with van der Waals surface area (Å²) in [4.78, 5) is 0. The molecule has 2 N–H and O–H groups in total. The SMILES string of the molecule is Cc1cc(C#N)ccc1Nc1ccc(C(=NO)c2ccccc2C)c(Cl)c1. The molecular weight excluding hydrogens is 358 g/mol. The third-order valence-electron chi connectivity index (χ3n) is 4.36. The van der Waals surface area contributed by atoms with E-state index in [0.717, 1.165) is 28.1 Å². The highest BCUT2D eigenvalue weighted by molar-refractivity contribution is 6.35. The fourth-order valence-electron chi connectivity index (χ4n) is 2.91. The highest BCUT2D eigenvalue weighted by atomic mass is 35.5. The van der Waals surface area contributed by atoms with Crippen molar-refractivity contribution in [1.82, 2.24) is 0 Å². The molecule has 0 aliphatic rings. The maximum absolute atomic E-state index is 9.56. The smallest absolute Gasteiger partial charge is 0.118 e. The minimum Gasteiger partial charge on any atom is -0.410 e. The summed E-state index contributed by atoms with van der Waals surface area (Å²) in [7, 11) is 0. The van der Waals surface area contributed by atoms with Gasteiger partial charge in [-0.05, 0) is 61.4 Å². The summed E-state index contributed by atoms with van der Waals surface area (Å²) in [6, 6.07) is 20.8. The molecule has 3 rings (SSSR count). The summed E-state index contributed by atoms with van der Waals surface area (Å²) in [5.74, 6) is 0. The fraction of sp³-hybridized carbons (Fsp3) is 0.0909. The average molecular weight is 376 g/mol. The van der Waals surface area contributed by atoms with Crippen LogP contribution in [0.5, 0.6) is 0 Å². The largest absolute Gasteiger partial charge is 0.410 e. The normalized spacial score (nSPS) is 11.1. The summed E-state index contributed by atoms with van der Waals surface area (Å²) in [5.41, 5.74) is 6.18. The Balaban J connectivity index is 1.92. The van der Waals surface area contributed by atoms with Crippen LogP contribution in [0.4, 0.5) is 11.4 Å². The van der Waals surface area contributed by atoms with Gasteiger partial charge >= 0.3 is 0 Å². The Kier molecular flexibility index (Phi) is 5.44. The van der Waals surface area contributed by atoms with Crippen molar-refractivity contribution in [3.8, 4) is 6.07 Å². The Morgan fingerprint density at radius 1 is 1.00 bits per heavy atom. The number of hydrogen-bond donors (Lipinski definition) is 2. The zero-order valence-corrected chi connectivity index (χ0v) is 15.7. The maximum atomic E-state index is 9.56. The Morgan fingerprint density at radius 3 is 2.41 bits per heavy atom. The number of benzene rings is 3. The van der Waals surface area contributed by atoms with Gasteiger partial charge in [-0.15, -0.1) is 0 Å². The molecule has 0 aromatic heterocycles. The van der Waals surface area contributed by atoms with Crippen LogP contribution >= 0.6 is 11.6 Å². The van der Waals surface area contributed by atoms with Crippen LogP contribution in [0, 0.1) is 25.2 Å². The van der Waals surface area contributed by atoms with Crippen molar-refractivity contribution >= 4 is 28.7 Å². The molecule has 5 heteroatoms. The van der Waals surface area contributed by atoms with Crippen LogP contribution in [-0.2, 0) is 0 Å². The molecule has 134 valence electrons. The molecule has 0 spiro atoms. The van der Waals surface area contributed by atoms with E-state index in [1.54, 1.807) is 12.1 Å². The number of aryl methyl sites for hydroxylation is 2. The van der Waals surface area contributed by atoms with Gasteiger partial charge in [0.05, 0.1) is 16.7 Å². The lowest BCUT2D eigenvalue weighted by Crippen LogP contribution is -2.06. The Morgan fingerprint density at radius 2 is 1.78 bits per heavy atom. The van der Waals surface area contributed by atoms with Crippen LogP contribution in [0.3, 0.4) is 0 Å². The second-order valence-electron chi connectivity index (χ2n) is 6.22. The number of oxime groups is 1. The van der Waals surface area contributed by atoms with Crippen LogP contribution < -0.4 is 5.32 Å². The number of halogens is 1. The first-order valence-corrected chi connectivity index (χ1v) is 8.77. The average Bonchev–Trinajstić information content (AvgIpc) is 2.67. The van der Waals surface area contributed by atoms with Crippen LogP contribution in [0.15, 0.2) is 65.8 Å². The molecule has 3 aromatic rings. The van der Waals surface area contributed by atoms with Crippen molar-refractivity contribution in [3.05, 3.63) is 93.5 Å². The van der Waals surface area contributed by atoms with Gasteiger partial charge < -0.3 is 10.5 Å². The van der Waals surface area contributed by atoms with Crippen LogP contribution in [0.25, 0.3) is 0 Å². The molecule has 0 aliphatic heterocycles. The van der Waals surface area contributed by atoms with Crippen LogP contribution in [-0.4, -0.2) is 10.9 Å². The second kappa shape index (κ2) is 7.94. The summed E-state index contributed by atoms with van der Waals surface area (Å²) in [5, 5.41) is 25.8. The predicted molar refractivity (Wildman–Crippen MR) is 109 cm³/mol. The molecule has 0 saturated carbocycles. The summed E-state index contributed by atoms with van der Waals surface area (Å²) in [6.07, 6.45) is 0. The van der Waals surface area contributed by atoms with Crippen LogP contribution in [0.1, 0.15) is 27.8 Å². The quantitative estimate of drug-likeness (QED) is 0.344. The van der Waals surface area contributed by atoms with Gasteiger partial charge in [-0.3, -0.25) is 0 Å². The van der Waals surface area contributed by atoms with Gasteiger partial charge in [0.1, 0.15) is 5.71 Å². The molecule has 0 saturated heterocycles. The predicted octanol–water partition coefficient (Wildman–Crippen LogP) is 5.80. The number of anilines is 2. The highest BCUT2D eigenvalue weighted by Gasteiger charge is 2.14. The Labute approximate surface area is 163 Å². The van der Waals surface area contributed by atoms with Crippen molar-refractivity contribution in [1.29, 1.82) is 5.26 Å². The standard InChI is InChI=1S/C22H18ClN3O/c1-14-5-3-4-6-18(14)22(26-27)19-9-8-17(12-20(19)23)25-21-10-7-16(13-24)11-15(21)2/h3-12,25,27H,1-2H3. The first kappa shape index (κ1) is 18.5. The van der Waals surface area contributed by atoms with E-state index < -0.39 is 0 Å². The molecule has 0 heterocycles. The number of nitrogens with zero attached hydrogens (tertiary/aromatic N) is 2. The third kappa shape index (κ3) is 3.94. The first-order valence-electron chi connectivity index (χ1n) is 8.39. The molecule has 3 aromatic carbocycles. The van der Waals surface area contributed by atoms with Crippen molar-refractivity contribution < 1.29 is 5.21 Å². The second-order valence-corrected chi connectivity index (χ2v) is 6.63. The van der Waals surface area contributed by atoms with E-state index in [0.29, 0.717) is 21.9 Å². The van der Waals surface area contributed by atoms with E-state index in [2.05, 4.69) is 16.5 Å². The number of nitriles is 1. The number of nitrogens with one attached hydrogen (secondary N) is 1. The molecule has 0 atom stereocenters. The van der Waals surface area contributed by atoms with Gasteiger partial charge in [0.2, 0.25) is 0 Å². The van der Waals surface area contributed by atoms with E-state index in [9.17, 15) is 5.21 Å². The zero-order valence-electron chi connectivity index (χ0n) is 15.0. The van der Waals surface area contributed by atoms with E-state index >= 15 is 0 Å². The molecule has 4 nitrogen and oxygen atoms in total. The van der Waals surface area contributed by atoms with E-state index in [1.165, 1.54) is 0 Å². The van der Waals surface area contributed by atoms with E-state index in [4.69, 9.17) is 16.9 Å². The lowest BCUT2D eigenvalue weighted by atomic mass is 9.98.